The van der Waals surface area contributed by atoms with Crippen LogP contribution in [0.25, 0.3) is 0 Å². The number of nitrogens with one attached hydrogen (secondary N) is 1. The molecule has 0 aliphatic carbocycles. The Bertz CT molecular complexity index is 768. The van der Waals surface area contributed by atoms with E-state index in [2.05, 4.69) is 10.4 Å². The third-order valence-electron chi connectivity index (χ3n) is 3.07. The van der Waals surface area contributed by atoms with Gasteiger partial charge in [0, 0.05) is 25.2 Å². The summed E-state index contributed by atoms with van der Waals surface area (Å²) in [6.45, 7) is 1.88. The van der Waals surface area contributed by atoms with Crippen molar-refractivity contribution in [3.8, 4) is 0 Å². The summed E-state index contributed by atoms with van der Waals surface area (Å²) in [6, 6.07) is 4.51. The predicted molar refractivity (Wildman–Crippen MR) is 80.3 cm³/mol. The summed E-state index contributed by atoms with van der Waals surface area (Å²) < 4.78 is 1.33. The lowest BCUT2D eigenvalue weighted by Crippen LogP contribution is -2.15. The molecule has 9 nitrogen and oxygen atoms in total. The predicted octanol–water partition coefficient (Wildman–Crippen LogP) is 1.83. The fraction of sp³-hybridized carbons (Fsp3) is 0.214. The van der Waals surface area contributed by atoms with Crippen LogP contribution >= 0.6 is 0 Å². The molecular formula is C14H14N4O5. The van der Waals surface area contributed by atoms with E-state index in [1.54, 1.807) is 13.0 Å². The minimum Gasteiger partial charge on any atom is -0.478 e. The number of nitrogens with zero attached hydrogens (tertiary/aromatic N) is 3. The number of aromatic nitrogens is 2. The van der Waals surface area contributed by atoms with E-state index in [1.165, 1.54) is 29.2 Å². The van der Waals surface area contributed by atoms with Crippen LogP contribution in [0.15, 0.2) is 30.6 Å². The van der Waals surface area contributed by atoms with Gasteiger partial charge in [0.25, 0.3) is 5.69 Å². The van der Waals surface area contributed by atoms with Gasteiger partial charge < -0.3 is 10.4 Å². The molecule has 0 bridgehead atoms. The molecule has 2 aromatic rings. The zero-order valence-electron chi connectivity index (χ0n) is 12.2. The topological polar surface area (TPSA) is 127 Å². The Balaban J connectivity index is 1.99. The van der Waals surface area contributed by atoms with Crippen molar-refractivity contribution in [2.45, 2.75) is 19.9 Å². The highest BCUT2D eigenvalue weighted by molar-refractivity contribution is 5.93. The molecule has 9 heteroatoms. The summed E-state index contributed by atoms with van der Waals surface area (Å²) in [7, 11) is 0. The van der Waals surface area contributed by atoms with Crippen LogP contribution in [0.3, 0.4) is 0 Å². The largest absolute Gasteiger partial charge is 0.478 e. The minimum atomic E-state index is -1.10. The number of aromatic carboxylic acids is 1. The summed E-state index contributed by atoms with van der Waals surface area (Å²) in [6.07, 6.45) is 2.50. The Morgan fingerprint density at radius 1 is 1.43 bits per heavy atom. The molecule has 0 saturated heterocycles. The van der Waals surface area contributed by atoms with Crippen LogP contribution in [0.5, 0.6) is 0 Å². The number of rotatable bonds is 6. The number of carboxylic acid groups (broad SMARTS) is 1. The third-order valence-corrected chi connectivity index (χ3v) is 3.07. The maximum absolute atomic E-state index is 11.9. The molecule has 0 radical (unpaired) electrons. The standard InChI is InChI=1S/C14H14N4O5/c1-9-2-3-11(12(6-9)18(22)23)16-13(19)4-5-17-8-10(7-15-17)14(20)21/h2-3,6-8H,4-5H2,1H3,(H,16,19)(H,20,21). The van der Waals surface area contributed by atoms with Gasteiger partial charge in [-0.1, -0.05) is 6.07 Å². The molecule has 1 amide bonds. The van der Waals surface area contributed by atoms with Crippen molar-refractivity contribution in [3.05, 3.63) is 51.8 Å². The highest BCUT2D eigenvalue weighted by Gasteiger charge is 2.16. The normalized spacial score (nSPS) is 10.3. The van der Waals surface area contributed by atoms with E-state index in [-0.39, 0.29) is 29.9 Å². The lowest BCUT2D eigenvalue weighted by Gasteiger charge is -2.07. The Labute approximate surface area is 130 Å². The Morgan fingerprint density at radius 2 is 2.17 bits per heavy atom. The van der Waals surface area contributed by atoms with Crippen LogP contribution in [-0.2, 0) is 11.3 Å². The molecule has 0 fully saturated rings. The first-order valence-corrected chi connectivity index (χ1v) is 6.67. The number of benzene rings is 1. The average Bonchev–Trinajstić information content (AvgIpc) is 2.96. The van der Waals surface area contributed by atoms with Gasteiger partial charge in [0.05, 0.1) is 16.7 Å². The third kappa shape index (κ3) is 4.13. The number of hydrogen-bond acceptors (Lipinski definition) is 5. The van der Waals surface area contributed by atoms with Crippen LogP contribution in [0.2, 0.25) is 0 Å². The quantitative estimate of drug-likeness (QED) is 0.617. The minimum absolute atomic E-state index is 0.00572. The van der Waals surface area contributed by atoms with Crippen LogP contribution in [0, 0.1) is 17.0 Å². The van der Waals surface area contributed by atoms with Crippen LogP contribution < -0.4 is 5.32 Å². The molecule has 2 N–H and O–H groups in total. The summed E-state index contributed by atoms with van der Waals surface area (Å²) in [5, 5.41) is 26.1. The lowest BCUT2D eigenvalue weighted by atomic mass is 10.2. The van der Waals surface area contributed by atoms with Crippen molar-refractivity contribution in [1.29, 1.82) is 0 Å². The molecule has 2 rings (SSSR count). The number of carbonyl (C=O) groups is 2. The molecule has 0 spiro atoms. The van der Waals surface area contributed by atoms with Crippen LogP contribution in [0.1, 0.15) is 22.3 Å². The maximum Gasteiger partial charge on any atom is 0.338 e. The van der Waals surface area contributed by atoms with Gasteiger partial charge in [-0.15, -0.1) is 0 Å². The number of hydrogen-bond donors (Lipinski definition) is 2. The van der Waals surface area contributed by atoms with Crippen molar-refractivity contribution in [3.63, 3.8) is 0 Å². The first-order valence-electron chi connectivity index (χ1n) is 6.67. The number of nitro groups is 1. The number of amides is 1. The van der Waals surface area contributed by atoms with Crippen LogP contribution in [-0.4, -0.2) is 31.7 Å². The van der Waals surface area contributed by atoms with Gasteiger partial charge >= 0.3 is 5.97 Å². The second-order valence-corrected chi connectivity index (χ2v) is 4.87. The highest BCUT2D eigenvalue weighted by Crippen LogP contribution is 2.25. The molecule has 1 aromatic heterocycles. The van der Waals surface area contributed by atoms with Crippen molar-refractivity contribution in [2.75, 3.05) is 5.32 Å². The smallest absolute Gasteiger partial charge is 0.338 e. The number of anilines is 1. The van der Waals surface area contributed by atoms with E-state index in [0.717, 1.165) is 0 Å². The van der Waals surface area contributed by atoms with Gasteiger partial charge in [-0.25, -0.2) is 4.79 Å². The SMILES string of the molecule is Cc1ccc(NC(=O)CCn2cc(C(=O)O)cn2)c([N+](=O)[O-])c1. The molecule has 23 heavy (non-hydrogen) atoms. The van der Waals surface area contributed by atoms with E-state index < -0.39 is 16.8 Å². The second-order valence-electron chi connectivity index (χ2n) is 4.87. The van der Waals surface area contributed by atoms with Crippen molar-refractivity contribution >= 4 is 23.3 Å². The molecular weight excluding hydrogens is 304 g/mol. The molecule has 1 heterocycles. The fourth-order valence-electron chi connectivity index (χ4n) is 1.92. The molecule has 120 valence electrons. The number of aryl methyl sites for hydroxylation is 2. The Hall–Kier alpha value is -3.23. The zero-order valence-corrected chi connectivity index (χ0v) is 12.2. The summed E-state index contributed by atoms with van der Waals surface area (Å²) in [5.74, 6) is -1.53. The fourth-order valence-corrected chi connectivity index (χ4v) is 1.92. The van der Waals surface area contributed by atoms with Gasteiger partial charge in [-0.3, -0.25) is 19.6 Å². The average molecular weight is 318 g/mol. The highest BCUT2D eigenvalue weighted by atomic mass is 16.6. The summed E-state index contributed by atoms with van der Waals surface area (Å²) in [5.41, 5.74) is 0.690. The first-order chi connectivity index (χ1) is 10.9. The monoisotopic (exact) mass is 318 g/mol. The Kier molecular flexibility index (Phi) is 4.69. The van der Waals surface area contributed by atoms with Gasteiger partial charge in [0.15, 0.2) is 0 Å². The number of carbonyl (C=O) groups excluding carboxylic acids is 1. The molecule has 0 unspecified atom stereocenters. The number of carboxylic acids is 1. The van der Waals surface area contributed by atoms with Gasteiger partial charge in [0.2, 0.25) is 5.91 Å². The lowest BCUT2D eigenvalue weighted by molar-refractivity contribution is -0.384. The van der Waals surface area contributed by atoms with E-state index >= 15 is 0 Å². The summed E-state index contributed by atoms with van der Waals surface area (Å²) in [4.78, 5) is 33.0. The van der Waals surface area contributed by atoms with Gasteiger partial charge in [0.1, 0.15) is 5.69 Å². The van der Waals surface area contributed by atoms with E-state index in [9.17, 15) is 19.7 Å². The molecule has 0 saturated carbocycles. The summed E-state index contributed by atoms with van der Waals surface area (Å²) >= 11 is 0. The Morgan fingerprint density at radius 3 is 2.78 bits per heavy atom. The van der Waals surface area contributed by atoms with Crippen LogP contribution in [0.4, 0.5) is 11.4 Å². The first kappa shape index (κ1) is 16.1. The molecule has 0 aliphatic heterocycles. The van der Waals surface area contributed by atoms with Gasteiger partial charge in [-0.05, 0) is 18.6 Å². The van der Waals surface area contributed by atoms with Crippen molar-refractivity contribution in [1.82, 2.24) is 9.78 Å². The van der Waals surface area contributed by atoms with E-state index in [1.807, 2.05) is 0 Å². The second kappa shape index (κ2) is 6.69. The van der Waals surface area contributed by atoms with E-state index in [0.29, 0.717) is 5.56 Å². The molecule has 0 atom stereocenters. The van der Waals surface area contributed by atoms with Crippen molar-refractivity contribution in [2.24, 2.45) is 0 Å². The molecule has 0 aliphatic rings. The molecule has 1 aromatic carbocycles. The maximum atomic E-state index is 11.9. The van der Waals surface area contributed by atoms with Gasteiger partial charge in [-0.2, -0.15) is 5.10 Å². The number of nitro benzene ring substituents is 1. The van der Waals surface area contributed by atoms with Crippen molar-refractivity contribution < 1.29 is 19.6 Å². The van der Waals surface area contributed by atoms with E-state index in [4.69, 9.17) is 5.11 Å². The zero-order chi connectivity index (χ0) is 17.0.